The van der Waals surface area contributed by atoms with Crippen molar-refractivity contribution in [3.63, 3.8) is 0 Å². The fraction of sp³-hybridized carbons (Fsp3) is 0.111. The molecule has 0 amide bonds. The second-order valence-electron chi connectivity index (χ2n) is 2.19. The van der Waals surface area contributed by atoms with Crippen LogP contribution in [0.3, 0.4) is 0 Å². The molecule has 0 N–H and O–H groups in total. The lowest BCUT2D eigenvalue weighted by Gasteiger charge is -1.93. The first-order valence-corrected chi connectivity index (χ1v) is 3.12. The summed E-state index contributed by atoms with van der Waals surface area (Å²) in [5.74, 6) is 0. The molecule has 1 nitrogen and oxygen atoms in total. The van der Waals surface area contributed by atoms with Gasteiger partial charge in [-0.2, -0.15) is 5.26 Å². The van der Waals surface area contributed by atoms with Crippen molar-refractivity contribution in [2.75, 3.05) is 0 Å². The highest BCUT2D eigenvalue weighted by Gasteiger charge is 1.89. The molecule has 0 aliphatic carbocycles. The standard InChI is InChI=1S/C9H8N/c1-8-3-2-4-9(7-8)5-6-10/h2-5,7H,1H3. The minimum Gasteiger partial charge on any atom is -0.198 e. The Labute approximate surface area is 60.9 Å². The van der Waals surface area contributed by atoms with Crippen LogP contribution >= 0.6 is 0 Å². The summed E-state index contributed by atoms with van der Waals surface area (Å²) < 4.78 is 0. The van der Waals surface area contributed by atoms with Crippen molar-refractivity contribution in [1.29, 1.82) is 5.26 Å². The summed E-state index contributed by atoms with van der Waals surface area (Å²) >= 11 is 0. The predicted octanol–water partition coefficient (Wildman–Crippen LogP) is 2.07. The molecule has 0 heterocycles. The first-order valence-electron chi connectivity index (χ1n) is 3.12. The molecule has 1 heteroatoms. The van der Waals surface area contributed by atoms with Crippen LogP contribution in [0.25, 0.3) is 0 Å². The van der Waals surface area contributed by atoms with Crippen molar-refractivity contribution in [3.05, 3.63) is 41.8 Å². The highest BCUT2D eigenvalue weighted by Crippen LogP contribution is 2.04. The summed E-state index contributed by atoms with van der Waals surface area (Å²) in [5.41, 5.74) is 2.16. The Morgan fingerprint density at radius 1 is 1.50 bits per heavy atom. The van der Waals surface area contributed by atoms with Crippen LogP contribution in [-0.4, -0.2) is 0 Å². The van der Waals surface area contributed by atoms with Crippen LogP contribution in [-0.2, 0) is 0 Å². The smallest absolute Gasteiger partial charge is 0.0912 e. The van der Waals surface area contributed by atoms with Gasteiger partial charge < -0.3 is 0 Å². The van der Waals surface area contributed by atoms with Gasteiger partial charge in [0.1, 0.15) is 0 Å². The van der Waals surface area contributed by atoms with Gasteiger partial charge in [-0.25, -0.2) is 0 Å². The highest BCUT2D eigenvalue weighted by molar-refractivity contribution is 5.32. The summed E-state index contributed by atoms with van der Waals surface area (Å²) in [6, 6.07) is 9.83. The van der Waals surface area contributed by atoms with Crippen molar-refractivity contribution < 1.29 is 0 Å². The van der Waals surface area contributed by atoms with Gasteiger partial charge in [-0.15, -0.1) is 0 Å². The number of nitriles is 1. The van der Waals surface area contributed by atoms with Crippen LogP contribution in [0.4, 0.5) is 0 Å². The van der Waals surface area contributed by atoms with Gasteiger partial charge in [-0.3, -0.25) is 0 Å². The number of hydrogen-bond acceptors (Lipinski definition) is 1. The van der Waals surface area contributed by atoms with E-state index < -0.39 is 0 Å². The average Bonchev–Trinajstić information content (AvgIpc) is 1.88. The molecule has 1 radical (unpaired) electrons. The second-order valence-corrected chi connectivity index (χ2v) is 2.19. The maximum atomic E-state index is 8.31. The quantitative estimate of drug-likeness (QED) is 0.571. The largest absolute Gasteiger partial charge is 0.198 e. The maximum Gasteiger partial charge on any atom is 0.0912 e. The van der Waals surface area contributed by atoms with Crippen molar-refractivity contribution >= 4 is 0 Å². The minimum absolute atomic E-state index is 0.975. The Balaban J connectivity index is 2.87. The van der Waals surface area contributed by atoms with E-state index in [1.54, 1.807) is 0 Å². The first kappa shape index (κ1) is 6.82. The highest BCUT2D eigenvalue weighted by atomic mass is 14.2. The van der Waals surface area contributed by atoms with Crippen LogP contribution in [0.2, 0.25) is 0 Å². The third kappa shape index (κ3) is 1.60. The van der Waals surface area contributed by atoms with Gasteiger partial charge in [0.05, 0.1) is 12.5 Å². The summed E-state index contributed by atoms with van der Waals surface area (Å²) in [6.45, 7) is 2.01. The SMILES string of the molecule is Cc1cccc([CH]C#N)c1. The van der Waals surface area contributed by atoms with Crippen molar-refractivity contribution in [3.8, 4) is 6.07 Å². The van der Waals surface area contributed by atoms with E-state index >= 15 is 0 Å². The van der Waals surface area contributed by atoms with E-state index in [0.29, 0.717) is 0 Å². The predicted molar refractivity (Wildman–Crippen MR) is 40.2 cm³/mol. The van der Waals surface area contributed by atoms with Gasteiger partial charge in [0.2, 0.25) is 0 Å². The fourth-order valence-corrected chi connectivity index (χ4v) is 0.834. The van der Waals surface area contributed by atoms with E-state index in [1.165, 1.54) is 12.0 Å². The lowest BCUT2D eigenvalue weighted by molar-refractivity contribution is 1.40. The van der Waals surface area contributed by atoms with Crippen LogP contribution in [0.1, 0.15) is 11.1 Å². The van der Waals surface area contributed by atoms with Gasteiger partial charge in [-0.05, 0) is 12.5 Å². The Kier molecular flexibility index (Phi) is 2.07. The Bertz CT molecular complexity index is 258. The van der Waals surface area contributed by atoms with E-state index in [1.807, 2.05) is 37.3 Å². The minimum atomic E-state index is 0.975. The molecule has 49 valence electrons. The lowest BCUT2D eigenvalue weighted by Crippen LogP contribution is -1.78. The van der Waals surface area contributed by atoms with Gasteiger partial charge in [0, 0.05) is 0 Å². The van der Waals surface area contributed by atoms with E-state index in [4.69, 9.17) is 5.26 Å². The molecule has 10 heavy (non-hydrogen) atoms. The molecule has 0 aliphatic rings. The normalized spacial score (nSPS) is 8.80. The van der Waals surface area contributed by atoms with Crippen molar-refractivity contribution in [1.82, 2.24) is 0 Å². The van der Waals surface area contributed by atoms with Crippen LogP contribution in [0, 0.1) is 24.7 Å². The number of hydrogen-bond donors (Lipinski definition) is 0. The summed E-state index contributed by atoms with van der Waals surface area (Å²) in [4.78, 5) is 0. The molecular weight excluding hydrogens is 122 g/mol. The maximum absolute atomic E-state index is 8.31. The van der Waals surface area contributed by atoms with Gasteiger partial charge in [0.25, 0.3) is 0 Å². The first-order chi connectivity index (χ1) is 4.83. The molecule has 0 spiro atoms. The molecule has 0 saturated heterocycles. The Morgan fingerprint density at radius 3 is 2.90 bits per heavy atom. The van der Waals surface area contributed by atoms with Gasteiger partial charge >= 0.3 is 0 Å². The zero-order valence-corrected chi connectivity index (χ0v) is 5.83. The molecule has 0 bridgehead atoms. The lowest BCUT2D eigenvalue weighted by atomic mass is 10.1. The van der Waals surface area contributed by atoms with Crippen molar-refractivity contribution in [2.24, 2.45) is 0 Å². The zero-order valence-electron chi connectivity index (χ0n) is 5.83. The number of rotatable bonds is 1. The molecular formula is C9H8N. The molecule has 0 aromatic heterocycles. The summed E-state index contributed by atoms with van der Waals surface area (Å²) in [7, 11) is 0. The van der Waals surface area contributed by atoms with Crippen molar-refractivity contribution in [2.45, 2.75) is 6.92 Å². The summed E-state index contributed by atoms with van der Waals surface area (Å²) in [6.07, 6.45) is 1.53. The number of nitrogens with zero attached hydrogens (tertiary/aromatic N) is 1. The topological polar surface area (TPSA) is 23.8 Å². The number of benzene rings is 1. The zero-order chi connectivity index (χ0) is 7.40. The molecule has 0 unspecified atom stereocenters. The van der Waals surface area contributed by atoms with E-state index in [2.05, 4.69) is 0 Å². The third-order valence-corrected chi connectivity index (χ3v) is 1.27. The van der Waals surface area contributed by atoms with E-state index in [9.17, 15) is 0 Å². The molecule has 1 rings (SSSR count). The molecule has 0 saturated carbocycles. The average molecular weight is 130 g/mol. The van der Waals surface area contributed by atoms with Crippen LogP contribution in [0.15, 0.2) is 24.3 Å². The Hall–Kier alpha value is -1.29. The van der Waals surface area contributed by atoms with Gasteiger partial charge in [-0.1, -0.05) is 29.8 Å². The van der Waals surface area contributed by atoms with Gasteiger partial charge in [0.15, 0.2) is 0 Å². The van der Waals surface area contributed by atoms with Crippen LogP contribution < -0.4 is 0 Å². The molecule has 1 aromatic carbocycles. The molecule has 0 aliphatic heterocycles. The molecule has 1 aromatic rings. The third-order valence-electron chi connectivity index (χ3n) is 1.27. The Morgan fingerprint density at radius 2 is 2.30 bits per heavy atom. The monoisotopic (exact) mass is 130 g/mol. The second kappa shape index (κ2) is 3.03. The molecule has 0 fully saturated rings. The number of aryl methyl sites for hydroxylation is 1. The van der Waals surface area contributed by atoms with E-state index in [-0.39, 0.29) is 0 Å². The molecule has 0 atom stereocenters. The fourth-order valence-electron chi connectivity index (χ4n) is 0.834. The van der Waals surface area contributed by atoms with Crippen LogP contribution in [0.5, 0.6) is 0 Å². The van der Waals surface area contributed by atoms with E-state index in [0.717, 1.165) is 5.56 Å². The summed E-state index contributed by atoms with van der Waals surface area (Å²) in [5, 5.41) is 8.31.